The van der Waals surface area contributed by atoms with Gasteiger partial charge in [0.05, 0.1) is 18.4 Å². The molecule has 5 heteroatoms. The normalized spacial score (nSPS) is 10.8. The van der Waals surface area contributed by atoms with Crippen LogP contribution in [-0.4, -0.2) is 23.4 Å². The van der Waals surface area contributed by atoms with E-state index in [1.807, 2.05) is 26.1 Å². The van der Waals surface area contributed by atoms with Crippen molar-refractivity contribution < 1.29 is 9.13 Å². The van der Waals surface area contributed by atoms with E-state index in [2.05, 4.69) is 10.4 Å². The second-order valence-corrected chi connectivity index (χ2v) is 4.72. The van der Waals surface area contributed by atoms with Crippen LogP contribution in [0.25, 0.3) is 0 Å². The van der Waals surface area contributed by atoms with Crippen LogP contribution >= 0.6 is 0 Å². The lowest BCUT2D eigenvalue weighted by molar-refractivity contribution is 0.368. The molecular formula is C15H20FN3O. The molecule has 0 bridgehead atoms. The summed E-state index contributed by atoms with van der Waals surface area (Å²) in [7, 11) is 3.49. The molecule has 2 aromatic rings. The lowest BCUT2D eigenvalue weighted by atomic mass is 10.1. The highest BCUT2D eigenvalue weighted by Crippen LogP contribution is 2.20. The van der Waals surface area contributed by atoms with Gasteiger partial charge in [-0.25, -0.2) is 9.07 Å². The van der Waals surface area contributed by atoms with Gasteiger partial charge in [0.2, 0.25) is 5.88 Å². The van der Waals surface area contributed by atoms with Crippen molar-refractivity contribution in [3.63, 3.8) is 0 Å². The molecule has 2 rings (SSSR count). The Morgan fingerprint density at radius 1 is 1.35 bits per heavy atom. The predicted molar refractivity (Wildman–Crippen MR) is 76.3 cm³/mol. The van der Waals surface area contributed by atoms with Crippen LogP contribution in [0.2, 0.25) is 0 Å². The zero-order valence-electron chi connectivity index (χ0n) is 12.1. The van der Waals surface area contributed by atoms with Crippen molar-refractivity contribution >= 4 is 0 Å². The molecule has 1 aromatic carbocycles. The van der Waals surface area contributed by atoms with Crippen LogP contribution in [0, 0.1) is 12.7 Å². The number of ether oxygens (including phenoxy) is 1. The molecule has 0 aliphatic carbocycles. The minimum Gasteiger partial charge on any atom is -0.481 e. The zero-order valence-corrected chi connectivity index (χ0v) is 12.1. The van der Waals surface area contributed by atoms with E-state index in [0.717, 1.165) is 22.7 Å². The van der Waals surface area contributed by atoms with E-state index in [0.29, 0.717) is 19.5 Å². The summed E-state index contributed by atoms with van der Waals surface area (Å²) < 4.78 is 20.5. The summed E-state index contributed by atoms with van der Waals surface area (Å²) >= 11 is 0. The van der Waals surface area contributed by atoms with Crippen LogP contribution in [0.15, 0.2) is 24.3 Å². The van der Waals surface area contributed by atoms with Gasteiger partial charge in [0.15, 0.2) is 0 Å². The number of methoxy groups -OCH3 is 1. The van der Waals surface area contributed by atoms with Crippen molar-refractivity contribution in [2.24, 2.45) is 7.05 Å². The van der Waals surface area contributed by atoms with E-state index < -0.39 is 0 Å². The Labute approximate surface area is 118 Å². The average molecular weight is 277 g/mol. The van der Waals surface area contributed by atoms with Gasteiger partial charge < -0.3 is 10.1 Å². The van der Waals surface area contributed by atoms with Gasteiger partial charge >= 0.3 is 0 Å². The first-order valence-electron chi connectivity index (χ1n) is 6.64. The molecule has 0 fully saturated rings. The van der Waals surface area contributed by atoms with Crippen LogP contribution in [0.5, 0.6) is 5.88 Å². The van der Waals surface area contributed by atoms with Gasteiger partial charge in [0.1, 0.15) is 5.82 Å². The molecule has 0 atom stereocenters. The molecule has 4 nitrogen and oxygen atoms in total. The molecule has 1 heterocycles. The molecule has 0 aliphatic rings. The number of aromatic nitrogens is 2. The summed E-state index contributed by atoms with van der Waals surface area (Å²) in [5.41, 5.74) is 2.72. The summed E-state index contributed by atoms with van der Waals surface area (Å²) in [6.07, 6.45) is 0.661. The SMILES string of the molecule is COc1c(CNCCc2ccccc2F)c(C)nn1C. The van der Waals surface area contributed by atoms with Gasteiger partial charge in [-0.3, -0.25) is 0 Å². The first-order valence-corrected chi connectivity index (χ1v) is 6.64. The highest BCUT2D eigenvalue weighted by molar-refractivity contribution is 5.30. The predicted octanol–water partition coefficient (Wildman–Crippen LogP) is 2.21. The number of nitrogens with zero attached hydrogens (tertiary/aromatic N) is 2. The monoisotopic (exact) mass is 277 g/mol. The number of hydrogen-bond donors (Lipinski definition) is 1. The number of hydrogen-bond acceptors (Lipinski definition) is 3. The maximum atomic E-state index is 13.5. The van der Waals surface area contributed by atoms with E-state index in [4.69, 9.17) is 4.74 Å². The number of nitrogens with one attached hydrogen (secondary N) is 1. The minimum absolute atomic E-state index is 0.149. The van der Waals surface area contributed by atoms with E-state index in [9.17, 15) is 4.39 Å². The van der Waals surface area contributed by atoms with Crippen LogP contribution in [-0.2, 0) is 20.0 Å². The van der Waals surface area contributed by atoms with E-state index in [-0.39, 0.29) is 5.82 Å². The lowest BCUT2D eigenvalue weighted by Crippen LogP contribution is -2.18. The summed E-state index contributed by atoms with van der Waals surface area (Å²) in [5, 5.41) is 7.63. The number of halogens is 1. The maximum absolute atomic E-state index is 13.5. The number of benzene rings is 1. The number of aryl methyl sites for hydroxylation is 2. The fourth-order valence-electron chi connectivity index (χ4n) is 2.28. The van der Waals surface area contributed by atoms with Crippen molar-refractivity contribution in [2.75, 3.05) is 13.7 Å². The molecule has 0 saturated carbocycles. The largest absolute Gasteiger partial charge is 0.481 e. The highest BCUT2D eigenvalue weighted by atomic mass is 19.1. The van der Waals surface area contributed by atoms with Gasteiger partial charge in [-0.1, -0.05) is 18.2 Å². The molecule has 0 spiro atoms. The fraction of sp³-hybridized carbons (Fsp3) is 0.400. The Morgan fingerprint density at radius 2 is 2.10 bits per heavy atom. The van der Waals surface area contributed by atoms with E-state index >= 15 is 0 Å². The zero-order chi connectivity index (χ0) is 14.5. The third-order valence-corrected chi connectivity index (χ3v) is 3.31. The standard InChI is InChI=1S/C15H20FN3O/c1-11-13(15(20-3)19(2)18-11)10-17-9-8-12-6-4-5-7-14(12)16/h4-7,17H,8-10H2,1-3H3. The fourth-order valence-corrected chi connectivity index (χ4v) is 2.28. The molecule has 0 radical (unpaired) electrons. The Bertz CT molecular complexity index is 580. The molecule has 1 N–H and O–H groups in total. The molecule has 0 unspecified atom stereocenters. The van der Waals surface area contributed by atoms with Crippen LogP contribution < -0.4 is 10.1 Å². The quantitative estimate of drug-likeness (QED) is 0.823. The van der Waals surface area contributed by atoms with E-state index in [1.165, 1.54) is 6.07 Å². The topological polar surface area (TPSA) is 39.1 Å². The summed E-state index contributed by atoms with van der Waals surface area (Å²) in [6, 6.07) is 6.86. The van der Waals surface area contributed by atoms with Crippen LogP contribution in [0.3, 0.4) is 0 Å². The Morgan fingerprint density at radius 3 is 2.80 bits per heavy atom. The smallest absolute Gasteiger partial charge is 0.216 e. The summed E-state index contributed by atoms with van der Waals surface area (Å²) in [4.78, 5) is 0. The Kier molecular flexibility index (Phi) is 4.74. The van der Waals surface area contributed by atoms with Crippen LogP contribution in [0.1, 0.15) is 16.8 Å². The first-order chi connectivity index (χ1) is 9.63. The second kappa shape index (κ2) is 6.52. The molecule has 0 aliphatic heterocycles. The van der Waals surface area contributed by atoms with Gasteiger partial charge in [0, 0.05) is 13.6 Å². The van der Waals surface area contributed by atoms with Gasteiger partial charge in [-0.2, -0.15) is 5.10 Å². The third-order valence-electron chi connectivity index (χ3n) is 3.31. The molecule has 0 saturated heterocycles. The van der Waals surface area contributed by atoms with Crippen LogP contribution in [0.4, 0.5) is 4.39 Å². The van der Waals surface area contributed by atoms with Gasteiger partial charge in [0.25, 0.3) is 0 Å². The Balaban J connectivity index is 1.89. The second-order valence-electron chi connectivity index (χ2n) is 4.72. The lowest BCUT2D eigenvalue weighted by Gasteiger charge is -2.07. The molecule has 108 valence electrons. The summed E-state index contributed by atoms with van der Waals surface area (Å²) in [6.45, 7) is 3.33. The van der Waals surface area contributed by atoms with Crippen molar-refractivity contribution in [3.8, 4) is 5.88 Å². The van der Waals surface area contributed by atoms with Crippen molar-refractivity contribution in [2.45, 2.75) is 19.9 Å². The van der Waals surface area contributed by atoms with Gasteiger partial charge in [-0.15, -0.1) is 0 Å². The molecule has 1 aromatic heterocycles. The van der Waals surface area contributed by atoms with E-state index in [1.54, 1.807) is 17.9 Å². The van der Waals surface area contributed by atoms with Crippen molar-refractivity contribution in [1.29, 1.82) is 0 Å². The van der Waals surface area contributed by atoms with Crippen molar-refractivity contribution in [1.82, 2.24) is 15.1 Å². The minimum atomic E-state index is -0.149. The molecule has 20 heavy (non-hydrogen) atoms. The number of rotatable bonds is 6. The molecule has 0 amide bonds. The summed E-state index contributed by atoms with van der Waals surface area (Å²) in [5.74, 6) is 0.616. The first kappa shape index (κ1) is 14.5. The molecular weight excluding hydrogens is 257 g/mol. The maximum Gasteiger partial charge on any atom is 0.216 e. The van der Waals surface area contributed by atoms with Crippen molar-refractivity contribution in [3.05, 3.63) is 46.9 Å². The average Bonchev–Trinajstić information content (AvgIpc) is 2.70. The third kappa shape index (κ3) is 3.17. The Hall–Kier alpha value is -1.88. The highest BCUT2D eigenvalue weighted by Gasteiger charge is 2.12. The van der Waals surface area contributed by atoms with Gasteiger partial charge in [-0.05, 0) is 31.5 Å².